The number of carbonyl (C=O) groups is 1. The molecular formula is C16H25N3O2. The molecule has 1 aromatic rings. The highest BCUT2D eigenvalue weighted by Crippen LogP contribution is 2.21. The monoisotopic (exact) mass is 291 g/mol. The van der Waals surface area contributed by atoms with E-state index in [4.69, 9.17) is 4.74 Å². The quantitative estimate of drug-likeness (QED) is 0.798. The molecule has 1 aromatic heterocycles. The Morgan fingerprint density at radius 2 is 2.10 bits per heavy atom. The summed E-state index contributed by atoms with van der Waals surface area (Å²) in [5, 5.41) is 0. The van der Waals surface area contributed by atoms with Crippen molar-refractivity contribution in [3.63, 3.8) is 0 Å². The van der Waals surface area contributed by atoms with Gasteiger partial charge in [-0.15, -0.1) is 0 Å². The van der Waals surface area contributed by atoms with Gasteiger partial charge >= 0.3 is 6.09 Å². The van der Waals surface area contributed by atoms with Crippen molar-refractivity contribution in [1.29, 1.82) is 0 Å². The van der Waals surface area contributed by atoms with Crippen molar-refractivity contribution in [1.82, 2.24) is 9.88 Å². The topological polar surface area (TPSA) is 45.7 Å². The maximum absolute atomic E-state index is 12.2. The van der Waals surface area contributed by atoms with E-state index in [1.54, 1.807) is 0 Å². The second kappa shape index (κ2) is 5.92. The average molecular weight is 291 g/mol. The fourth-order valence-electron chi connectivity index (χ4n) is 2.51. The number of aromatic nitrogens is 1. The number of hydrogen-bond acceptors (Lipinski definition) is 4. The molecule has 1 amide bonds. The fourth-order valence-corrected chi connectivity index (χ4v) is 2.51. The third-order valence-electron chi connectivity index (χ3n) is 3.50. The predicted molar refractivity (Wildman–Crippen MR) is 83.6 cm³/mol. The van der Waals surface area contributed by atoms with Crippen LogP contribution in [0.2, 0.25) is 0 Å². The number of piperazine rings is 1. The van der Waals surface area contributed by atoms with E-state index in [1.165, 1.54) is 0 Å². The lowest BCUT2D eigenvalue weighted by molar-refractivity contribution is 0.0159. The molecule has 1 aliphatic rings. The highest BCUT2D eigenvalue weighted by atomic mass is 16.6. The van der Waals surface area contributed by atoms with Gasteiger partial charge in [0.05, 0.1) is 0 Å². The number of aryl methyl sites for hydroxylation is 1. The van der Waals surface area contributed by atoms with Crippen LogP contribution in [-0.4, -0.2) is 47.3 Å². The number of hydrogen-bond donors (Lipinski definition) is 0. The largest absolute Gasteiger partial charge is 0.444 e. The molecule has 1 atom stereocenters. The predicted octanol–water partition coefficient (Wildman–Crippen LogP) is 2.84. The van der Waals surface area contributed by atoms with Gasteiger partial charge in [0.15, 0.2) is 0 Å². The molecule has 1 unspecified atom stereocenters. The van der Waals surface area contributed by atoms with Gasteiger partial charge < -0.3 is 14.5 Å². The summed E-state index contributed by atoms with van der Waals surface area (Å²) in [6.45, 7) is 12.0. The van der Waals surface area contributed by atoms with Crippen molar-refractivity contribution < 1.29 is 9.53 Å². The summed E-state index contributed by atoms with van der Waals surface area (Å²) >= 11 is 0. The summed E-state index contributed by atoms with van der Waals surface area (Å²) in [7, 11) is 0. The van der Waals surface area contributed by atoms with Gasteiger partial charge in [-0.1, -0.05) is 0 Å². The number of nitrogens with zero attached hydrogens (tertiary/aromatic N) is 3. The number of ether oxygens (including phenoxy) is 1. The first kappa shape index (κ1) is 15.6. The Balaban J connectivity index is 2.01. The van der Waals surface area contributed by atoms with Crippen molar-refractivity contribution in [2.45, 2.75) is 46.3 Å². The Morgan fingerprint density at radius 1 is 1.38 bits per heavy atom. The molecule has 21 heavy (non-hydrogen) atoms. The Kier molecular flexibility index (Phi) is 4.40. The average Bonchev–Trinajstić information content (AvgIpc) is 2.36. The van der Waals surface area contributed by atoms with E-state index in [0.29, 0.717) is 6.54 Å². The van der Waals surface area contributed by atoms with Crippen molar-refractivity contribution in [3.8, 4) is 0 Å². The van der Waals surface area contributed by atoms with Crippen LogP contribution in [0.3, 0.4) is 0 Å². The van der Waals surface area contributed by atoms with Crippen molar-refractivity contribution in [2.24, 2.45) is 0 Å². The minimum Gasteiger partial charge on any atom is -0.444 e. The Labute approximate surface area is 126 Å². The standard InChI is InChI=1S/C16H25N3O2/c1-12-10-14(6-7-17-12)18-8-9-19(13(2)11-18)15(20)21-16(3,4)5/h6-7,10,13H,8-9,11H2,1-5H3. The summed E-state index contributed by atoms with van der Waals surface area (Å²) in [4.78, 5) is 20.5. The number of rotatable bonds is 1. The maximum atomic E-state index is 12.2. The van der Waals surface area contributed by atoms with Crippen LogP contribution < -0.4 is 4.90 Å². The Hall–Kier alpha value is -1.78. The van der Waals surface area contributed by atoms with Crippen LogP contribution in [0.5, 0.6) is 0 Å². The summed E-state index contributed by atoms with van der Waals surface area (Å²) in [5.74, 6) is 0. The number of anilines is 1. The van der Waals surface area contributed by atoms with E-state index in [9.17, 15) is 4.79 Å². The Morgan fingerprint density at radius 3 is 2.67 bits per heavy atom. The van der Waals surface area contributed by atoms with E-state index in [2.05, 4.69) is 22.9 Å². The van der Waals surface area contributed by atoms with Gasteiger partial charge in [-0.05, 0) is 46.8 Å². The number of pyridine rings is 1. The van der Waals surface area contributed by atoms with Gasteiger partial charge in [-0.2, -0.15) is 0 Å². The molecule has 0 bridgehead atoms. The lowest BCUT2D eigenvalue weighted by Gasteiger charge is -2.41. The van der Waals surface area contributed by atoms with Gasteiger partial charge in [0.1, 0.15) is 5.60 Å². The molecule has 0 aliphatic carbocycles. The molecule has 0 radical (unpaired) electrons. The molecule has 2 rings (SSSR count). The zero-order valence-corrected chi connectivity index (χ0v) is 13.6. The molecule has 5 heteroatoms. The van der Waals surface area contributed by atoms with Gasteiger partial charge in [0.25, 0.3) is 0 Å². The third-order valence-corrected chi connectivity index (χ3v) is 3.50. The normalized spacial score (nSPS) is 19.6. The molecule has 0 N–H and O–H groups in total. The smallest absolute Gasteiger partial charge is 0.410 e. The first-order valence-electron chi connectivity index (χ1n) is 7.43. The summed E-state index contributed by atoms with van der Waals surface area (Å²) in [6.07, 6.45) is 1.61. The minimum absolute atomic E-state index is 0.127. The zero-order valence-electron chi connectivity index (χ0n) is 13.6. The number of amides is 1. The maximum Gasteiger partial charge on any atom is 0.410 e. The number of carbonyl (C=O) groups excluding carboxylic acids is 1. The molecule has 5 nitrogen and oxygen atoms in total. The van der Waals surface area contributed by atoms with Crippen LogP contribution in [0.25, 0.3) is 0 Å². The van der Waals surface area contributed by atoms with Crippen LogP contribution in [0, 0.1) is 6.92 Å². The van der Waals surface area contributed by atoms with Crippen LogP contribution in [0.15, 0.2) is 18.3 Å². The fraction of sp³-hybridized carbons (Fsp3) is 0.625. The van der Waals surface area contributed by atoms with Crippen molar-refractivity contribution in [2.75, 3.05) is 24.5 Å². The Bertz CT molecular complexity index is 510. The molecule has 1 fully saturated rings. The first-order chi connectivity index (χ1) is 9.76. The van der Waals surface area contributed by atoms with Crippen LogP contribution in [-0.2, 0) is 4.74 Å². The minimum atomic E-state index is -0.448. The molecular weight excluding hydrogens is 266 g/mol. The molecule has 0 aromatic carbocycles. The van der Waals surface area contributed by atoms with E-state index >= 15 is 0 Å². The van der Waals surface area contributed by atoms with Crippen LogP contribution in [0.1, 0.15) is 33.4 Å². The van der Waals surface area contributed by atoms with Gasteiger partial charge in [-0.25, -0.2) is 4.79 Å². The summed E-state index contributed by atoms with van der Waals surface area (Å²) < 4.78 is 5.47. The van der Waals surface area contributed by atoms with Gasteiger partial charge in [0, 0.05) is 43.3 Å². The second-order valence-electron chi connectivity index (χ2n) is 6.62. The summed E-state index contributed by atoms with van der Waals surface area (Å²) in [6, 6.07) is 4.22. The lowest BCUT2D eigenvalue weighted by Crippen LogP contribution is -2.55. The van der Waals surface area contributed by atoms with Crippen LogP contribution in [0.4, 0.5) is 10.5 Å². The molecule has 116 valence electrons. The SMILES string of the molecule is Cc1cc(N2CCN(C(=O)OC(C)(C)C)C(C)C2)ccn1. The van der Waals surface area contributed by atoms with Crippen molar-refractivity contribution >= 4 is 11.8 Å². The van der Waals surface area contributed by atoms with E-state index in [1.807, 2.05) is 44.9 Å². The van der Waals surface area contributed by atoms with E-state index in [-0.39, 0.29) is 12.1 Å². The van der Waals surface area contributed by atoms with E-state index < -0.39 is 5.60 Å². The van der Waals surface area contributed by atoms with Crippen molar-refractivity contribution in [3.05, 3.63) is 24.0 Å². The molecule has 0 spiro atoms. The zero-order chi connectivity index (χ0) is 15.6. The second-order valence-corrected chi connectivity index (χ2v) is 6.62. The highest BCUT2D eigenvalue weighted by molar-refractivity contribution is 5.69. The first-order valence-corrected chi connectivity index (χ1v) is 7.43. The molecule has 1 aliphatic heterocycles. The summed E-state index contributed by atoms with van der Waals surface area (Å²) in [5.41, 5.74) is 1.73. The van der Waals surface area contributed by atoms with Gasteiger partial charge in [-0.3, -0.25) is 4.98 Å². The van der Waals surface area contributed by atoms with Crippen LogP contribution >= 0.6 is 0 Å². The van der Waals surface area contributed by atoms with Gasteiger partial charge in [0.2, 0.25) is 0 Å². The third kappa shape index (κ3) is 4.09. The molecule has 2 heterocycles. The molecule has 1 saturated heterocycles. The van der Waals surface area contributed by atoms with E-state index in [0.717, 1.165) is 24.5 Å². The molecule has 0 saturated carbocycles. The lowest BCUT2D eigenvalue weighted by atomic mass is 10.1. The highest BCUT2D eigenvalue weighted by Gasteiger charge is 2.30.